The first-order valence-corrected chi connectivity index (χ1v) is 8.88. The molecule has 0 aromatic heterocycles. The van der Waals surface area contributed by atoms with E-state index in [2.05, 4.69) is 36.4 Å². The number of methoxy groups -OCH3 is 1. The minimum atomic E-state index is 0.596. The van der Waals surface area contributed by atoms with Gasteiger partial charge in [-0.2, -0.15) is 0 Å². The number of aliphatic imine (C=N–C) groups is 1. The maximum atomic E-state index is 5.09. The number of hydrogen-bond donors (Lipinski definition) is 2. The molecule has 0 atom stereocenters. The Balaban J connectivity index is 2.26. The highest BCUT2D eigenvalue weighted by Gasteiger charge is 2.18. The molecule has 0 unspecified atom stereocenters. The molecular weight excluding hydrogens is 276 g/mol. The summed E-state index contributed by atoms with van der Waals surface area (Å²) in [7, 11) is 3.88. The molecule has 1 aliphatic rings. The number of nitrogens with one attached hydrogen (secondary N) is 2. The second-order valence-corrected chi connectivity index (χ2v) is 6.51. The second-order valence-electron chi connectivity index (χ2n) is 6.51. The van der Waals surface area contributed by atoms with Gasteiger partial charge in [0.25, 0.3) is 0 Å². The molecule has 0 spiro atoms. The van der Waals surface area contributed by atoms with Gasteiger partial charge in [-0.25, -0.2) is 0 Å². The third kappa shape index (κ3) is 8.59. The van der Waals surface area contributed by atoms with Gasteiger partial charge in [-0.15, -0.1) is 0 Å². The molecule has 22 heavy (non-hydrogen) atoms. The molecule has 2 N–H and O–H groups in total. The predicted molar refractivity (Wildman–Crippen MR) is 94.5 cm³/mol. The number of rotatable bonds is 9. The second kappa shape index (κ2) is 11.7. The summed E-state index contributed by atoms with van der Waals surface area (Å²) >= 11 is 0. The Morgan fingerprint density at radius 1 is 1.23 bits per heavy atom. The Morgan fingerprint density at radius 3 is 2.59 bits per heavy atom. The molecule has 0 radical (unpaired) electrons. The minimum absolute atomic E-state index is 0.596. The molecule has 5 heteroatoms. The van der Waals surface area contributed by atoms with Crippen LogP contribution < -0.4 is 10.6 Å². The van der Waals surface area contributed by atoms with Crippen molar-refractivity contribution in [1.29, 1.82) is 0 Å². The highest BCUT2D eigenvalue weighted by Crippen LogP contribution is 2.23. The molecular formula is C17H36N4O. The van der Waals surface area contributed by atoms with Crippen LogP contribution in [-0.4, -0.2) is 63.8 Å². The highest BCUT2D eigenvalue weighted by atomic mass is 16.5. The molecule has 0 aliphatic heterocycles. The first-order valence-electron chi connectivity index (χ1n) is 8.88. The molecule has 0 bridgehead atoms. The van der Waals surface area contributed by atoms with E-state index in [1.165, 1.54) is 25.7 Å². The molecule has 1 rings (SSSR count). The van der Waals surface area contributed by atoms with Gasteiger partial charge >= 0.3 is 0 Å². The van der Waals surface area contributed by atoms with Gasteiger partial charge in [0.15, 0.2) is 5.96 Å². The zero-order valence-electron chi connectivity index (χ0n) is 15.0. The summed E-state index contributed by atoms with van der Waals surface area (Å²) in [6.07, 6.45) is 6.29. The Morgan fingerprint density at radius 2 is 1.95 bits per heavy atom. The quantitative estimate of drug-likeness (QED) is 0.389. The number of ether oxygens (including phenoxy) is 1. The van der Waals surface area contributed by atoms with Crippen LogP contribution in [0.5, 0.6) is 0 Å². The van der Waals surface area contributed by atoms with Gasteiger partial charge in [-0.1, -0.05) is 6.92 Å². The maximum absolute atomic E-state index is 5.09. The number of likely N-dealkylation sites (N-methyl/N-ethyl adjacent to an activating group) is 1. The van der Waals surface area contributed by atoms with Crippen LogP contribution >= 0.6 is 0 Å². The number of nitrogens with zero attached hydrogens (tertiary/aromatic N) is 2. The first kappa shape index (κ1) is 19.2. The Kier molecular flexibility index (Phi) is 10.2. The van der Waals surface area contributed by atoms with E-state index in [-0.39, 0.29) is 0 Å². The summed E-state index contributed by atoms with van der Waals surface area (Å²) in [6, 6.07) is 0.596. The summed E-state index contributed by atoms with van der Waals surface area (Å²) < 4.78 is 5.09. The van der Waals surface area contributed by atoms with Gasteiger partial charge < -0.3 is 20.3 Å². The van der Waals surface area contributed by atoms with E-state index in [4.69, 9.17) is 9.73 Å². The molecule has 0 saturated heterocycles. The van der Waals surface area contributed by atoms with Crippen LogP contribution in [0.25, 0.3) is 0 Å². The van der Waals surface area contributed by atoms with Crippen LogP contribution in [0, 0.1) is 5.92 Å². The average molecular weight is 313 g/mol. The third-order valence-electron chi connectivity index (χ3n) is 4.35. The average Bonchev–Trinajstić information content (AvgIpc) is 2.51. The fourth-order valence-electron chi connectivity index (χ4n) is 2.81. The van der Waals surface area contributed by atoms with Gasteiger partial charge in [0, 0.05) is 32.8 Å². The lowest BCUT2D eigenvalue weighted by molar-refractivity contribution is 0.161. The SMILES string of the molecule is CCNC(=NCCCN(C)CCOC)NC1CCC(C)CC1. The summed E-state index contributed by atoms with van der Waals surface area (Å²) in [5.41, 5.74) is 0. The molecule has 5 nitrogen and oxygen atoms in total. The summed E-state index contributed by atoms with van der Waals surface area (Å²) in [5, 5.41) is 6.97. The highest BCUT2D eigenvalue weighted by molar-refractivity contribution is 5.80. The maximum Gasteiger partial charge on any atom is 0.191 e. The lowest BCUT2D eigenvalue weighted by Gasteiger charge is -2.28. The number of guanidine groups is 1. The van der Waals surface area contributed by atoms with Crippen molar-refractivity contribution in [3.05, 3.63) is 0 Å². The topological polar surface area (TPSA) is 48.9 Å². The third-order valence-corrected chi connectivity index (χ3v) is 4.35. The monoisotopic (exact) mass is 312 g/mol. The van der Waals surface area contributed by atoms with E-state index in [0.29, 0.717) is 6.04 Å². The van der Waals surface area contributed by atoms with Crippen molar-refractivity contribution >= 4 is 5.96 Å². The zero-order chi connectivity index (χ0) is 16.2. The molecule has 0 aromatic rings. The largest absolute Gasteiger partial charge is 0.383 e. The Bertz CT molecular complexity index is 301. The van der Waals surface area contributed by atoms with Crippen molar-refractivity contribution in [2.45, 2.75) is 52.0 Å². The molecule has 1 fully saturated rings. The molecule has 0 aromatic carbocycles. The van der Waals surface area contributed by atoms with Crippen LogP contribution in [0.15, 0.2) is 4.99 Å². The van der Waals surface area contributed by atoms with Crippen LogP contribution in [0.1, 0.15) is 46.0 Å². The van der Waals surface area contributed by atoms with Crippen LogP contribution in [0.3, 0.4) is 0 Å². The van der Waals surface area contributed by atoms with Crippen LogP contribution in [0.4, 0.5) is 0 Å². The summed E-state index contributed by atoms with van der Waals surface area (Å²) in [4.78, 5) is 7.01. The van der Waals surface area contributed by atoms with Crippen molar-refractivity contribution in [2.75, 3.05) is 46.9 Å². The standard InChI is InChI=1S/C17H36N4O/c1-5-18-17(20-16-9-7-15(2)8-10-16)19-11-6-12-21(3)13-14-22-4/h15-16H,5-14H2,1-4H3,(H2,18,19,20). The van der Waals surface area contributed by atoms with Gasteiger partial charge in [-0.3, -0.25) is 4.99 Å². The van der Waals surface area contributed by atoms with Crippen molar-refractivity contribution in [3.8, 4) is 0 Å². The van der Waals surface area contributed by atoms with Crippen LogP contribution in [-0.2, 0) is 4.74 Å². The van der Waals surface area contributed by atoms with Crippen molar-refractivity contribution in [2.24, 2.45) is 10.9 Å². The molecule has 1 saturated carbocycles. The van der Waals surface area contributed by atoms with E-state index in [9.17, 15) is 0 Å². The summed E-state index contributed by atoms with van der Waals surface area (Å²) in [6.45, 7) is 9.11. The Hall–Kier alpha value is -0.810. The minimum Gasteiger partial charge on any atom is -0.383 e. The lowest BCUT2D eigenvalue weighted by Crippen LogP contribution is -2.44. The van der Waals surface area contributed by atoms with Gasteiger partial charge in [-0.05, 0) is 58.5 Å². The predicted octanol–water partition coefficient (Wildman–Crippen LogP) is 2.09. The van der Waals surface area contributed by atoms with E-state index in [1.807, 2.05) is 0 Å². The van der Waals surface area contributed by atoms with Crippen molar-refractivity contribution in [3.63, 3.8) is 0 Å². The number of hydrogen-bond acceptors (Lipinski definition) is 3. The van der Waals surface area contributed by atoms with E-state index >= 15 is 0 Å². The van der Waals surface area contributed by atoms with Crippen molar-refractivity contribution < 1.29 is 4.74 Å². The Labute approximate surface area is 136 Å². The molecule has 0 amide bonds. The zero-order valence-corrected chi connectivity index (χ0v) is 15.0. The molecule has 130 valence electrons. The van der Waals surface area contributed by atoms with E-state index in [1.54, 1.807) is 7.11 Å². The lowest BCUT2D eigenvalue weighted by atomic mass is 9.87. The normalized spacial score (nSPS) is 22.9. The van der Waals surface area contributed by atoms with E-state index in [0.717, 1.165) is 51.1 Å². The summed E-state index contributed by atoms with van der Waals surface area (Å²) in [5.74, 6) is 1.88. The van der Waals surface area contributed by atoms with Gasteiger partial charge in [0.2, 0.25) is 0 Å². The van der Waals surface area contributed by atoms with E-state index < -0.39 is 0 Å². The van der Waals surface area contributed by atoms with Gasteiger partial charge in [0.05, 0.1) is 6.61 Å². The fraction of sp³-hybridized carbons (Fsp3) is 0.941. The molecule has 0 heterocycles. The van der Waals surface area contributed by atoms with Gasteiger partial charge in [0.1, 0.15) is 0 Å². The van der Waals surface area contributed by atoms with Crippen LogP contribution in [0.2, 0.25) is 0 Å². The smallest absolute Gasteiger partial charge is 0.191 e. The first-order chi connectivity index (χ1) is 10.7. The fourth-order valence-corrected chi connectivity index (χ4v) is 2.81. The van der Waals surface area contributed by atoms with Crippen molar-refractivity contribution in [1.82, 2.24) is 15.5 Å². The molecule has 1 aliphatic carbocycles.